The average molecular weight is 185 g/mol. The predicted molar refractivity (Wildman–Crippen MR) is 45.9 cm³/mol. The normalized spacial score (nSPS) is 43.8. The number of carbonyl (C=O) groups excluding carboxylic acids is 1. The number of aliphatic hydroxyl groups is 2. The van der Waals surface area contributed by atoms with Crippen LogP contribution in [0, 0.1) is 11.8 Å². The molecular formula is C9H15NO3. The second-order valence-corrected chi connectivity index (χ2v) is 4.20. The van der Waals surface area contributed by atoms with Gasteiger partial charge in [0.2, 0.25) is 5.91 Å². The lowest BCUT2D eigenvalue weighted by Crippen LogP contribution is -2.31. The van der Waals surface area contributed by atoms with Gasteiger partial charge in [-0.3, -0.25) is 4.79 Å². The molecule has 1 aliphatic heterocycles. The summed E-state index contributed by atoms with van der Waals surface area (Å²) in [4.78, 5) is 13.2. The van der Waals surface area contributed by atoms with E-state index in [0.717, 1.165) is 6.42 Å². The van der Waals surface area contributed by atoms with Gasteiger partial charge in [0.05, 0.1) is 12.2 Å². The molecule has 4 unspecified atom stereocenters. The molecule has 4 heteroatoms. The van der Waals surface area contributed by atoms with Crippen molar-refractivity contribution in [3.05, 3.63) is 0 Å². The molecule has 1 saturated heterocycles. The first kappa shape index (κ1) is 8.97. The van der Waals surface area contributed by atoms with E-state index in [4.69, 9.17) is 0 Å². The van der Waals surface area contributed by atoms with Crippen molar-refractivity contribution in [3.63, 3.8) is 0 Å². The van der Waals surface area contributed by atoms with Gasteiger partial charge in [-0.2, -0.15) is 0 Å². The molecule has 1 amide bonds. The van der Waals surface area contributed by atoms with Gasteiger partial charge in [-0.25, -0.2) is 0 Å². The largest absolute Gasteiger partial charge is 0.388 e. The van der Waals surface area contributed by atoms with Gasteiger partial charge in [-0.05, 0) is 12.3 Å². The maximum atomic E-state index is 11.6. The Labute approximate surface area is 77.2 Å². The average Bonchev–Trinajstić information content (AvgIpc) is 2.70. The lowest BCUT2D eigenvalue weighted by atomic mass is 10.3. The molecule has 0 bridgehead atoms. The third kappa shape index (κ3) is 1.56. The first-order chi connectivity index (χ1) is 6.09. The SMILES string of the molecule is CC1CC1C(=O)N1CC(O)C(O)C1. The first-order valence-electron chi connectivity index (χ1n) is 4.74. The zero-order valence-electron chi connectivity index (χ0n) is 7.68. The summed E-state index contributed by atoms with van der Waals surface area (Å²) < 4.78 is 0. The summed E-state index contributed by atoms with van der Waals surface area (Å²) in [7, 11) is 0. The van der Waals surface area contributed by atoms with Crippen LogP contribution >= 0.6 is 0 Å². The predicted octanol–water partition coefficient (Wildman–Crippen LogP) is -0.794. The molecule has 0 aromatic carbocycles. The van der Waals surface area contributed by atoms with Crippen LogP contribution in [0.3, 0.4) is 0 Å². The monoisotopic (exact) mass is 185 g/mol. The number of nitrogens with zero attached hydrogens (tertiary/aromatic N) is 1. The Balaban J connectivity index is 1.92. The Morgan fingerprint density at radius 3 is 2.15 bits per heavy atom. The third-order valence-electron chi connectivity index (χ3n) is 3.00. The Morgan fingerprint density at radius 1 is 1.31 bits per heavy atom. The number of β-amino-alcohol motifs (C(OH)–C–C–N with tert-alkyl or cyclic N) is 2. The Hall–Kier alpha value is -0.610. The Morgan fingerprint density at radius 2 is 1.77 bits per heavy atom. The summed E-state index contributed by atoms with van der Waals surface area (Å²) in [5.41, 5.74) is 0. The van der Waals surface area contributed by atoms with Gasteiger partial charge in [0.1, 0.15) is 0 Å². The molecule has 4 atom stereocenters. The molecule has 0 aromatic heterocycles. The summed E-state index contributed by atoms with van der Waals surface area (Å²) in [5.74, 6) is 0.739. The second kappa shape index (κ2) is 2.96. The number of rotatable bonds is 1. The molecule has 1 aliphatic carbocycles. The molecule has 2 N–H and O–H groups in total. The molecule has 74 valence electrons. The molecule has 4 nitrogen and oxygen atoms in total. The summed E-state index contributed by atoms with van der Waals surface area (Å²) >= 11 is 0. The molecule has 1 heterocycles. The number of hydrogen-bond acceptors (Lipinski definition) is 3. The maximum absolute atomic E-state index is 11.6. The molecule has 2 rings (SSSR count). The molecule has 0 spiro atoms. The van der Waals surface area contributed by atoms with Crippen molar-refractivity contribution in [3.8, 4) is 0 Å². The summed E-state index contributed by atoms with van der Waals surface area (Å²) in [6, 6.07) is 0. The third-order valence-corrected chi connectivity index (χ3v) is 3.00. The summed E-state index contributed by atoms with van der Waals surface area (Å²) in [6.45, 7) is 2.64. The van der Waals surface area contributed by atoms with Gasteiger partial charge >= 0.3 is 0 Å². The van der Waals surface area contributed by atoms with Crippen LogP contribution in [0.15, 0.2) is 0 Å². The highest BCUT2D eigenvalue weighted by Gasteiger charge is 2.44. The maximum Gasteiger partial charge on any atom is 0.226 e. The number of amides is 1. The molecule has 2 fully saturated rings. The van der Waals surface area contributed by atoms with Crippen LogP contribution in [0.2, 0.25) is 0 Å². The summed E-state index contributed by atoms with van der Waals surface area (Å²) in [6.07, 6.45) is -0.544. The first-order valence-corrected chi connectivity index (χ1v) is 4.74. The van der Waals surface area contributed by atoms with E-state index in [1.165, 1.54) is 0 Å². The van der Waals surface area contributed by atoms with E-state index in [9.17, 15) is 15.0 Å². The minimum Gasteiger partial charge on any atom is -0.388 e. The highest BCUT2D eigenvalue weighted by molar-refractivity contribution is 5.82. The van der Waals surface area contributed by atoms with E-state index in [-0.39, 0.29) is 11.8 Å². The van der Waals surface area contributed by atoms with E-state index in [0.29, 0.717) is 19.0 Å². The van der Waals surface area contributed by atoms with Gasteiger partial charge in [-0.15, -0.1) is 0 Å². The minimum absolute atomic E-state index is 0.100. The van der Waals surface area contributed by atoms with E-state index >= 15 is 0 Å². The summed E-state index contributed by atoms with van der Waals surface area (Å²) in [5, 5.41) is 18.5. The molecule has 0 radical (unpaired) electrons. The van der Waals surface area contributed by atoms with Crippen LogP contribution in [0.4, 0.5) is 0 Å². The van der Waals surface area contributed by atoms with Crippen molar-refractivity contribution in [2.45, 2.75) is 25.6 Å². The van der Waals surface area contributed by atoms with E-state index in [2.05, 4.69) is 0 Å². The number of hydrogen-bond donors (Lipinski definition) is 2. The van der Waals surface area contributed by atoms with Gasteiger partial charge in [-0.1, -0.05) is 6.92 Å². The Bertz CT molecular complexity index is 221. The molecule has 13 heavy (non-hydrogen) atoms. The molecular weight excluding hydrogens is 170 g/mol. The van der Waals surface area contributed by atoms with Gasteiger partial charge in [0.25, 0.3) is 0 Å². The topological polar surface area (TPSA) is 60.8 Å². The van der Waals surface area contributed by atoms with Crippen LogP contribution < -0.4 is 0 Å². The van der Waals surface area contributed by atoms with Gasteiger partial charge < -0.3 is 15.1 Å². The fourth-order valence-corrected chi connectivity index (χ4v) is 1.85. The second-order valence-electron chi connectivity index (χ2n) is 4.20. The van der Waals surface area contributed by atoms with Crippen LogP contribution in [0.25, 0.3) is 0 Å². The minimum atomic E-state index is -0.752. The van der Waals surface area contributed by atoms with Crippen LogP contribution in [-0.2, 0) is 4.79 Å². The lowest BCUT2D eigenvalue weighted by molar-refractivity contribution is -0.132. The highest BCUT2D eigenvalue weighted by Crippen LogP contribution is 2.39. The highest BCUT2D eigenvalue weighted by atomic mass is 16.3. The van der Waals surface area contributed by atoms with Gasteiger partial charge in [0, 0.05) is 19.0 Å². The van der Waals surface area contributed by atoms with Crippen LogP contribution in [0.5, 0.6) is 0 Å². The number of aliphatic hydroxyl groups excluding tert-OH is 2. The van der Waals surface area contributed by atoms with Crippen molar-refractivity contribution in [1.29, 1.82) is 0 Å². The quantitative estimate of drug-likeness (QED) is 0.562. The van der Waals surface area contributed by atoms with E-state index in [1.807, 2.05) is 6.92 Å². The zero-order chi connectivity index (χ0) is 9.59. The lowest BCUT2D eigenvalue weighted by Gasteiger charge is -2.14. The fraction of sp³-hybridized carbons (Fsp3) is 0.889. The van der Waals surface area contributed by atoms with Crippen molar-refractivity contribution < 1.29 is 15.0 Å². The van der Waals surface area contributed by atoms with E-state index in [1.54, 1.807) is 4.90 Å². The van der Waals surface area contributed by atoms with Crippen LogP contribution in [-0.4, -0.2) is 46.3 Å². The molecule has 1 saturated carbocycles. The van der Waals surface area contributed by atoms with E-state index < -0.39 is 12.2 Å². The number of likely N-dealkylation sites (tertiary alicyclic amines) is 1. The molecule has 0 aromatic rings. The van der Waals surface area contributed by atoms with Crippen LogP contribution in [0.1, 0.15) is 13.3 Å². The van der Waals surface area contributed by atoms with Crippen molar-refractivity contribution in [2.24, 2.45) is 11.8 Å². The standard InChI is InChI=1S/C9H15NO3/c1-5-2-6(5)9(13)10-3-7(11)8(12)4-10/h5-8,11-12H,2-4H2,1H3. The van der Waals surface area contributed by atoms with Gasteiger partial charge in [0.15, 0.2) is 0 Å². The molecule has 2 aliphatic rings. The zero-order valence-corrected chi connectivity index (χ0v) is 7.68. The van der Waals surface area contributed by atoms with Crippen molar-refractivity contribution >= 4 is 5.91 Å². The van der Waals surface area contributed by atoms with Crippen molar-refractivity contribution in [2.75, 3.05) is 13.1 Å². The number of carbonyl (C=O) groups is 1. The fourth-order valence-electron chi connectivity index (χ4n) is 1.85. The Kier molecular flexibility index (Phi) is 2.04. The van der Waals surface area contributed by atoms with Crippen molar-refractivity contribution in [1.82, 2.24) is 4.90 Å². The smallest absolute Gasteiger partial charge is 0.226 e.